The van der Waals surface area contributed by atoms with E-state index in [9.17, 15) is 4.79 Å². The van der Waals surface area contributed by atoms with Crippen molar-refractivity contribution >= 4 is 29.4 Å². The SMILES string of the molecule is NCC1(C(=O)NCC2CSCCS2)CCCCC1. The van der Waals surface area contributed by atoms with Gasteiger partial charge in [-0.25, -0.2) is 0 Å². The minimum Gasteiger partial charge on any atom is -0.354 e. The maximum atomic E-state index is 12.4. The first-order chi connectivity index (χ1) is 8.77. The zero-order chi connectivity index (χ0) is 12.8. The standard InChI is InChI=1S/C13H24N2OS2/c14-10-13(4-2-1-3-5-13)12(16)15-8-11-9-17-6-7-18-11/h11H,1-10,14H2,(H,15,16). The van der Waals surface area contributed by atoms with Gasteiger partial charge in [-0.1, -0.05) is 19.3 Å². The Morgan fingerprint density at radius 3 is 2.67 bits per heavy atom. The highest BCUT2D eigenvalue weighted by Gasteiger charge is 2.38. The molecule has 0 bridgehead atoms. The van der Waals surface area contributed by atoms with Gasteiger partial charge in [-0.05, 0) is 12.8 Å². The van der Waals surface area contributed by atoms with Gasteiger partial charge in [0.15, 0.2) is 0 Å². The first-order valence-corrected chi connectivity index (χ1v) is 9.15. The molecule has 0 radical (unpaired) electrons. The van der Waals surface area contributed by atoms with Crippen LogP contribution in [0.1, 0.15) is 32.1 Å². The van der Waals surface area contributed by atoms with Crippen molar-refractivity contribution in [3.63, 3.8) is 0 Å². The number of nitrogens with two attached hydrogens (primary N) is 1. The molecule has 1 aliphatic carbocycles. The molecular weight excluding hydrogens is 264 g/mol. The number of thioether (sulfide) groups is 2. The predicted octanol–water partition coefficient (Wildman–Crippen LogP) is 1.86. The molecule has 1 saturated carbocycles. The average Bonchev–Trinajstić information content (AvgIpc) is 2.46. The van der Waals surface area contributed by atoms with Gasteiger partial charge >= 0.3 is 0 Å². The second-order valence-corrected chi connectivity index (χ2v) is 7.88. The Balaban J connectivity index is 1.81. The molecule has 1 amide bonds. The van der Waals surface area contributed by atoms with Crippen LogP contribution in [0.15, 0.2) is 0 Å². The number of nitrogens with one attached hydrogen (secondary N) is 1. The van der Waals surface area contributed by atoms with Gasteiger partial charge in [-0.3, -0.25) is 4.79 Å². The van der Waals surface area contributed by atoms with E-state index in [-0.39, 0.29) is 11.3 Å². The van der Waals surface area contributed by atoms with Crippen LogP contribution < -0.4 is 11.1 Å². The van der Waals surface area contributed by atoms with E-state index in [0.717, 1.165) is 32.2 Å². The van der Waals surface area contributed by atoms with Crippen LogP contribution in [0.2, 0.25) is 0 Å². The molecule has 2 fully saturated rings. The summed E-state index contributed by atoms with van der Waals surface area (Å²) in [7, 11) is 0. The minimum absolute atomic E-state index is 0.209. The molecule has 1 aliphatic heterocycles. The van der Waals surface area contributed by atoms with Crippen molar-refractivity contribution in [2.75, 3.05) is 30.3 Å². The molecule has 1 heterocycles. The lowest BCUT2D eigenvalue weighted by Gasteiger charge is -2.35. The molecule has 18 heavy (non-hydrogen) atoms. The highest BCUT2D eigenvalue weighted by Crippen LogP contribution is 2.35. The molecule has 104 valence electrons. The summed E-state index contributed by atoms with van der Waals surface area (Å²) in [5.41, 5.74) is 5.62. The molecule has 1 unspecified atom stereocenters. The summed E-state index contributed by atoms with van der Waals surface area (Å²) in [6.45, 7) is 1.32. The van der Waals surface area contributed by atoms with Crippen LogP contribution in [-0.4, -0.2) is 41.5 Å². The number of amides is 1. The van der Waals surface area contributed by atoms with Gasteiger partial charge < -0.3 is 11.1 Å². The summed E-state index contributed by atoms with van der Waals surface area (Å²) in [5, 5.41) is 3.75. The minimum atomic E-state index is -0.259. The summed E-state index contributed by atoms with van der Waals surface area (Å²) in [5.74, 6) is 3.84. The fourth-order valence-electron chi connectivity index (χ4n) is 2.80. The number of hydrogen-bond donors (Lipinski definition) is 2. The normalized spacial score (nSPS) is 27.7. The topological polar surface area (TPSA) is 55.1 Å². The molecule has 1 atom stereocenters. The summed E-state index contributed by atoms with van der Waals surface area (Å²) in [4.78, 5) is 12.4. The van der Waals surface area contributed by atoms with Crippen molar-refractivity contribution in [3.05, 3.63) is 0 Å². The van der Waals surface area contributed by atoms with E-state index in [1.54, 1.807) is 0 Å². The molecule has 0 aromatic carbocycles. The Hall–Kier alpha value is 0.130. The van der Waals surface area contributed by atoms with Crippen LogP contribution in [0.3, 0.4) is 0 Å². The van der Waals surface area contributed by atoms with E-state index in [1.165, 1.54) is 23.7 Å². The van der Waals surface area contributed by atoms with E-state index >= 15 is 0 Å². The van der Waals surface area contributed by atoms with Crippen molar-refractivity contribution in [1.29, 1.82) is 0 Å². The van der Waals surface area contributed by atoms with Gasteiger partial charge in [-0.15, -0.1) is 0 Å². The van der Waals surface area contributed by atoms with E-state index in [1.807, 2.05) is 23.5 Å². The number of hydrogen-bond acceptors (Lipinski definition) is 4. The van der Waals surface area contributed by atoms with E-state index in [0.29, 0.717) is 11.8 Å². The third-order valence-electron chi connectivity index (χ3n) is 4.06. The van der Waals surface area contributed by atoms with Crippen molar-refractivity contribution < 1.29 is 4.79 Å². The van der Waals surface area contributed by atoms with Gasteiger partial charge in [0.1, 0.15) is 0 Å². The Labute approximate surface area is 118 Å². The zero-order valence-electron chi connectivity index (χ0n) is 11.0. The smallest absolute Gasteiger partial charge is 0.227 e. The second-order valence-electron chi connectivity index (χ2n) is 5.32. The van der Waals surface area contributed by atoms with Crippen molar-refractivity contribution in [1.82, 2.24) is 5.32 Å². The lowest BCUT2D eigenvalue weighted by molar-refractivity contribution is -0.132. The summed E-state index contributed by atoms with van der Waals surface area (Å²) < 4.78 is 0. The van der Waals surface area contributed by atoms with Crippen molar-refractivity contribution in [3.8, 4) is 0 Å². The predicted molar refractivity (Wildman–Crippen MR) is 81.2 cm³/mol. The summed E-state index contributed by atoms with van der Waals surface area (Å²) in [6.07, 6.45) is 5.51. The third-order valence-corrected chi connectivity index (χ3v) is 6.90. The van der Waals surface area contributed by atoms with Gasteiger partial charge in [0.25, 0.3) is 0 Å². The van der Waals surface area contributed by atoms with Crippen LogP contribution in [0, 0.1) is 5.41 Å². The first-order valence-electron chi connectivity index (χ1n) is 6.94. The molecular formula is C13H24N2OS2. The van der Waals surface area contributed by atoms with Gasteiger partial charge in [0.2, 0.25) is 5.91 Å². The van der Waals surface area contributed by atoms with Crippen LogP contribution >= 0.6 is 23.5 Å². The Morgan fingerprint density at radius 2 is 2.06 bits per heavy atom. The van der Waals surface area contributed by atoms with Gasteiger partial charge in [0, 0.05) is 35.6 Å². The molecule has 3 N–H and O–H groups in total. The van der Waals surface area contributed by atoms with Gasteiger partial charge in [-0.2, -0.15) is 23.5 Å². The number of rotatable bonds is 4. The maximum absolute atomic E-state index is 12.4. The van der Waals surface area contributed by atoms with Crippen LogP contribution in [0.4, 0.5) is 0 Å². The van der Waals surface area contributed by atoms with Crippen molar-refractivity contribution in [2.45, 2.75) is 37.4 Å². The molecule has 3 nitrogen and oxygen atoms in total. The fourth-order valence-corrected chi connectivity index (χ4v) is 5.41. The molecule has 2 rings (SSSR count). The lowest BCUT2D eigenvalue weighted by Crippen LogP contribution is -2.48. The monoisotopic (exact) mass is 288 g/mol. The van der Waals surface area contributed by atoms with E-state index in [4.69, 9.17) is 5.73 Å². The van der Waals surface area contributed by atoms with Crippen molar-refractivity contribution in [2.24, 2.45) is 11.1 Å². The lowest BCUT2D eigenvalue weighted by atomic mass is 9.73. The maximum Gasteiger partial charge on any atom is 0.227 e. The Kier molecular flexibility index (Phi) is 5.70. The summed E-state index contributed by atoms with van der Waals surface area (Å²) in [6, 6.07) is 0. The van der Waals surface area contributed by atoms with Crippen LogP contribution in [-0.2, 0) is 4.79 Å². The highest BCUT2D eigenvalue weighted by molar-refractivity contribution is 8.06. The summed E-state index contributed by atoms with van der Waals surface area (Å²) >= 11 is 3.99. The molecule has 0 aromatic heterocycles. The average molecular weight is 288 g/mol. The molecule has 1 saturated heterocycles. The Morgan fingerprint density at radius 1 is 1.28 bits per heavy atom. The number of carbonyl (C=O) groups excluding carboxylic acids is 1. The zero-order valence-corrected chi connectivity index (χ0v) is 12.6. The Bertz CT molecular complexity index is 274. The highest BCUT2D eigenvalue weighted by atomic mass is 32.2. The molecule has 0 spiro atoms. The largest absolute Gasteiger partial charge is 0.354 e. The second kappa shape index (κ2) is 7.06. The first kappa shape index (κ1) is 14.5. The van der Waals surface area contributed by atoms with E-state index in [2.05, 4.69) is 5.32 Å². The third kappa shape index (κ3) is 3.58. The van der Waals surface area contributed by atoms with Crippen LogP contribution in [0.5, 0.6) is 0 Å². The molecule has 0 aromatic rings. The van der Waals surface area contributed by atoms with Crippen LogP contribution in [0.25, 0.3) is 0 Å². The molecule has 2 aliphatic rings. The fraction of sp³-hybridized carbons (Fsp3) is 0.923. The quantitative estimate of drug-likeness (QED) is 0.829. The molecule has 5 heteroatoms. The van der Waals surface area contributed by atoms with E-state index < -0.39 is 0 Å². The number of carbonyl (C=O) groups is 1. The van der Waals surface area contributed by atoms with Gasteiger partial charge in [0.05, 0.1) is 5.41 Å².